The van der Waals surface area contributed by atoms with Crippen molar-refractivity contribution in [1.82, 2.24) is 0 Å². The van der Waals surface area contributed by atoms with Gasteiger partial charge in [0.05, 0.1) is 0 Å². The Hall–Kier alpha value is -0.610. The lowest BCUT2D eigenvalue weighted by Gasteiger charge is -2.34. The minimum atomic E-state index is 0.476. The third kappa shape index (κ3) is 3.04. The Bertz CT molecular complexity index is 439. The second kappa shape index (κ2) is 6.02. The first-order valence-corrected chi connectivity index (χ1v) is 7.66. The standard InChI is InChI=1S/C14H19BrN2S/c1-2-10-5-7-17(8-6-10)13-4-3-11(15)9-12(13)14(16)18/h3-4,9-10H,2,5-8H2,1H3,(H2,16,18). The predicted octanol–water partition coefficient (Wildman–Crippen LogP) is 3.71. The predicted molar refractivity (Wildman–Crippen MR) is 85.3 cm³/mol. The van der Waals surface area contributed by atoms with Crippen LogP contribution >= 0.6 is 28.1 Å². The highest BCUT2D eigenvalue weighted by atomic mass is 79.9. The average molecular weight is 327 g/mol. The highest BCUT2D eigenvalue weighted by molar-refractivity contribution is 9.10. The Morgan fingerprint density at radius 1 is 1.44 bits per heavy atom. The summed E-state index contributed by atoms with van der Waals surface area (Å²) >= 11 is 8.63. The van der Waals surface area contributed by atoms with Crippen molar-refractivity contribution >= 4 is 38.8 Å². The van der Waals surface area contributed by atoms with E-state index in [4.69, 9.17) is 18.0 Å². The van der Waals surface area contributed by atoms with E-state index in [9.17, 15) is 0 Å². The number of halogens is 1. The number of piperidine rings is 1. The molecular formula is C14H19BrN2S. The minimum absolute atomic E-state index is 0.476. The van der Waals surface area contributed by atoms with Gasteiger partial charge in [-0.2, -0.15) is 0 Å². The first-order chi connectivity index (χ1) is 8.61. The molecule has 98 valence electrons. The Balaban J connectivity index is 2.21. The highest BCUT2D eigenvalue weighted by Gasteiger charge is 2.20. The molecule has 0 aromatic heterocycles. The average Bonchev–Trinajstić information content (AvgIpc) is 2.39. The van der Waals surface area contributed by atoms with Crippen molar-refractivity contribution in [3.05, 3.63) is 28.2 Å². The van der Waals surface area contributed by atoms with Gasteiger partial charge >= 0.3 is 0 Å². The van der Waals surface area contributed by atoms with Crippen molar-refractivity contribution in [3.63, 3.8) is 0 Å². The number of nitrogens with zero attached hydrogens (tertiary/aromatic N) is 1. The number of thiocarbonyl (C=S) groups is 1. The van der Waals surface area contributed by atoms with E-state index in [2.05, 4.69) is 39.9 Å². The molecule has 1 aromatic carbocycles. The Labute approximate surface area is 123 Å². The van der Waals surface area contributed by atoms with Crippen molar-refractivity contribution in [2.45, 2.75) is 26.2 Å². The molecule has 0 unspecified atom stereocenters. The summed E-state index contributed by atoms with van der Waals surface area (Å²) in [6.07, 6.45) is 3.82. The van der Waals surface area contributed by atoms with E-state index in [1.54, 1.807) is 0 Å². The fourth-order valence-corrected chi connectivity index (χ4v) is 3.09. The van der Waals surface area contributed by atoms with Gasteiger partial charge in [0.1, 0.15) is 4.99 Å². The molecule has 0 atom stereocenters. The molecule has 1 aliphatic rings. The summed E-state index contributed by atoms with van der Waals surface area (Å²) in [6.45, 7) is 4.49. The molecule has 1 aromatic rings. The van der Waals surface area contributed by atoms with Gasteiger partial charge in [0.2, 0.25) is 0 Å². The normalized spacial score (nSPS) is 16.9. The van der Waals surface area contributed by atoms with Crippen LogP contribution in [-0.4, -0.2) is 18.1 Å². The van der Waals surface area contributed by atoms with Crippen LogP contribution in [0.1, 0.15) is 31.7 Å². The number of hydrogen-bond acceptors (Lipinski definition) is 2. The third-order valence-corrected chi connectivity index (χ3v) is 4.47. The molecule has 0 spiro atoms. The van der Waals surface area contributed by atoms with Crippen LogP contribution in [-0.2, 0) is 0 Å². The summed E-state index contributed by atoms with van der Waals surface area (Å²) in [6, 6.07) is 6.19. The maximum atomic E-state index is 5.83. The fourth-order valence-electron chi connectivity index (χ4n) is 2.56. The maximum absolute atomic E-state index is 5.83. The van der Waals surface area contributed by atoms with Crippen molar-refractivity contribution < 1.29 is 0 Å². The molecule has 0 saturated carbocycles. The van der Waals surface area contributed by atoms with Crippen LogP contribution < -0.4 is 10.6 Å². The van der Waals surface area contributed by atoms with Crippen LogP contribution in [0.5, 0.6) is 0 Å². The van der Waals surface area contributed by atoms with Gasteiger partial charge in [-0.25, -0.2) is 0 Å². The molecule has 2 N–H and O–H groups in total. The second-order valence-electron chi connectivity index (χ2n) is 4.86. The van der Waals surface area contributed by atoms with Crippen molar-refractivity contribution in [2.75, 3.05) is 18.0 Å². The molecule has 0 radical (unpaired) electrons. The molecule has 1 heterocycles. The number of benzene rings is 1. The largest absolute Gasteiger partial charge is 0.389 e. The van der Waals surface area contributed by atoms with E-state index in [-0.39, 0.29) is 0 Å². The quantitative estimate of drug-likeness (QED) is 0.858. The zero-order valence-electron chi connectivity index (χ0n) is 10.7. The van der Waals surface area contributed by atoms with Crippen LogP contribution in [0.4, 0.5) is 5.69 Å². The van der Waals surface area contributed by atoms with Crippen LogP contribution in [0.2, 0.25) is 0 Å². The molecule has 1 fully saturated rings. The Morgan fingerprint density at radius 3 is 2.67 bits per heavy atom. The van der Waals surface area contributed by atoms with E-state index in [1.165, 1.54) is 24.9 Å². The molecule has 18 heavy (non-hydrogen) atoms. The van der Waals surface area contributed by atoms with Gasteiger partial charge in [-0.05, 0) is 37.0 Å². The zero-order chi connectivity index (χ0) is 13.1. The summed E-state index contributed by atoms with van der Waals surface area (Å²) in [5.74, 6) is 0.880. The smallest absolute Gasteiger partial charge is 0.106 e. The van der Waals surface area contributed by atoms with Gasteiger partial charge in [0.15, 0.2) is 0 Å². The van der Waals surface area contributed by atoms with Crippen molar-refractivity contribution in [2.24, 2.45) is 11.7 Å². The molecule has 1 saturated heterocycles. The molecule has 1 aliphatic heterocycles. The second-order valence-corrected chi connectivity index (χ2v) is 6.22. The number of rotatable bonds is 3. The van der Waals surface area contributed by atoms with Gasteiger partial charge < -0.3 is 10.6 Å². The fraction of sp³-hybridized carbons (Fsp3) is 0.500. The summed E-state index contributed by atoms with van der Waals surface area (Å²) in [5.41, 5.74) is 7.99. The lowest BCUT2D eigenvalue weighted by Crippen LogP contribution is -2.34. The number of hydrogen-bond donors (Lipinski definition) is 1. The molecule has 2 nitrogen and oxygen atoms in total. The maximum Gasteiger partial charge on any atom is 0.106 e. The first kappa shape index (κ1) is 13.8. The summed E-state index contributed by atoms with van der Waals surface area (Å²) < 4.78 is 1.03. The van der Waals surface area contributed by atoms with Gasteiger partial charge in [-0.15, -0.1) is 0 Å². The Morgan fingerprint density at radius 2 is 2.11 bits per heavy atom. The molecule has 0 aliphatic carbocycles. The topological polar surface area (TPSA) is 29.3 Å². The molecule has 0 amide bonds. The Kier molecular flexibility index (Phi) is 4.62. The summed E-state index contributed by atoms with van der Waals surface area (Å²) in [7, 11) is 0. The van der Waals surface area contributed by atoms with E-state index >= 15 is 0 Å². The first-order valence-electron chi connectivity index (χ1n) is 6.46. The van der Waals surface area contributed by atoms with E-state index in [0.717, 1.165) is 29.0 Å². The van der Waals surface area contributed by atoms with Gasteiger partial charge in [-0.1, -0.05) is 41.5 Å². The SMILES string of the molecule is CCC1CCN(c2ccc(Br)cc2C(N)=S)CC1. The van der Waals surface area contributed by atoms with Crippen molar-refractivity contribution in [3.8, 4) is 0 Å². The summed E-state index contributed by atoms with van der Waals surface area (Å²) in [5, 5.41) is 0. The van der Waals surface area contributed by atoms with Crippen molar-refractivity contribution in [1.29, 1.82) is 0 Å². The lowest BCUT2D eigenvalue weighted by molar-refractivity contribution is 0.395. The van der Waals surface area contributed by atoms with Gasteiger partial charge in [0, 0.05) is 28.8 Å². The summed E-state index contributed by atoms with van der Waals surface area (Å²) in [4.78, 5) is 2.89. The molecule has 0 bridgehead atoms. The minimum Gasteiger partial charge on any atom is -0.389 e. The van der Waals surface area contributed by atoms with E-state index in [1.807, 2.05) is 6.07 Å². The van der Waals surface area contributed by atoms with E-state index < -0.39 is 0 Å². The van der Waals surface area contributed by atoms with Gasteiger partial charge in [0.25, 0.3) is 0 Å². The van der Waals surface area contributed by atoms with Crippen LogP contribution in [0.25, 0.3) is 0 Å². The monoisotopic (exact) mass is 326 g/mol. The van der Waals surface area contributed by atoms with Gasteiger partial charge in [-0.3, -0.25) is 0 Å². The molecule has 2 rings (SSSR count). The molecule has 4 heteroatoms. The zero-order valence-corrected chi connectivity index (χ0v) is 13.1. The number of anilines is 1. The highest BCUT2D eigenvalue weighted by Crippen LogP contribution is 2.29. The third-order valence-electron chi connectivity index (χ3n) is 3.76. The van der Waals surface area contributed by atoms with E-state index in [0.29, 0.717) is 4.99 Å². The van der Waals surface area contributed by atoms with Crippen LogP contribution in [0.3, 0.4) is 0 Å². The molecular weight excluding hydrogens is 308 g/mol. The van der Waals surface area contributed by atoms with Crippen LogP contribution in [0, 0.1) is 5.92 Å². The lowest BCUT2D eigenvalue weighted by atomic mass is 9.94. The number of nitrogens with two attached hydrogens (primary N) is 1. The van der Waals surface area contributed by atoms with Crippen LogP contribution in [0.15, 0.2) is 22.7 Å².